The molecule has 3 nitrogen and oxygen atoms in total. The minimum Gasteiger partial charge on any atom is -0.387 e. The van der Waals surface area contributed by atoms with E-state index in [2.05, 4.69) is 11.8 Å². The van der Waals surface area contributed by atoms with Gasteiger partial charge in [0, 0.05) is 19.1 Å². The molecule has 1 aliphatic rings. The van der Waals surface area contributed by atoms with Crippen LogP contribution in [0.4, 0.5) is 0 Å². The van der Waals surface area contributed by atoms with Crippen molar-refractivity contribution in [1.82, 2.24) is 4.90 Å². The fourth-order valence-corrected chi connectivity index (χ4v) is 2.97. The molecule has 0 radical (unpaired) electrons. The summed E-state index contributed by atoms with van der Waals surface area (Å²) >= 11 is 0. The Morgan fingerprint density at radius 1 is 1.32 bits per heavy atom. The molecule has 0 aromatic heterocycles. The fourth-order valence-electron chi connectivity index (χ4n) is 2.97. The first-order valence-electron chi connectivity index (χ1n) is 7.45. The molecule has 1 saturated heterocycles. The summed E-state index contributed by atoms with van der Waals surface area (Å²) < 4.78 is 0. The lowest BCUT2D eigenvalue weighted by Gasteiger charge is -2.36. The smallest absolute Gasteiger partial charge is 0.0917 e. The Hall–Kier alpha value is -0.900. The van der Waals surface area contributed by atoms with Crippen LogP contribution in [-0.2, 0) is 6.54 Å². The van der Waals surface area contributed by atoms with Crippen LogP contribution >= 0.6 is 0 Å². The van der Waals surface area contributed by atoms with Crippen molar-refractivity contribution >= 4 is 0 Å². The molecule has 2 unspecified atom stereocenters. The van der Waals surface area contributed by atoms with E-state index in [0.717, 1.165) is 24.2 Å². The van der Waals surface area contributed by atoms with Gasteiger partial charge in [-0.15, -0.1) is 0 Å². The van der Waals surface area contributed by atoms with Gasteiger partial charge in [0.05, 0.1) is 6.10 Å². The van der Waals surface area contributed by atoms with Crippen molar-refractivity contribution in [2.75, 3.05) is 13.1 Å². The quantitative estimate of drug-likeness (QED) is 0.857. The van der Waals surface area contributed by atoms with Crippen LogP contribution in [0.2, 0.25) is 0 Å². The maximum absolute atomic E-state index is 10.4. The number of aliphatic hydroxyl groups excluding tert-OH is 1. The zero-order valence-corrected chi connectivity index (χ0v) is 11.9. The number of benzene rings is 1. The predicted octanol–water partition coefficient (Wildman–Crippen LogP) is 2.44. The number of nitrogens with zero attached hydrogens (tertiary/aromatic N) is 1. The molecule has 0 amide bonds. The van der Waals surface area contributed by atoms with Gasteiger partial charge in [0.2, 0.25) is 0 Å². The van der Waals surface area contributed by atoms with E-state index in [1.165, 1.54) is 25.7 Å². The summed E-state index contributed by atoms with van der Waals surface area (Å²) in [5, 5.41) is 10.4. The Kier molecular flexibility index (Phi) is 5.37. The van der Waals surface area contributed by atoms with E-state index in [1.54, 1.807) is 0 Å². The zero-order valence-electron chi connectivity index (χ0n) is 11.9. The monoisotopic (exact) mass is 262 g/mol. The van der Waals surface area contributed by atoms with E-state index in [-0.39, 0.29) is 6.10 Å². The average molecular weight is 262 g/mol. The second-order valence-electron chi connectivity index (χ2n) is 5.51. The number of rotatable bonds is 5. The minimum absolute atomic E-state index is 0.390. The molecule has 1 aromatic rings. The van der Waals surface area contributed by atoms with Crippen molar-refractivity contribution in [3.63, 3.8) is 0 Å². The molecular formula is C16H26N2O. The maximum Gasteiger partial charge on any atom is 0.0917 e. The zero-order chi connectivity index (χ0) is 13.7. The molecule has 0 saturated carbocycles. The Morgan fingerprint density at radius 3 is 2.68 bits per heavy atom. The standard InChI is InChI=1S/C16H26N2O/c1-2-15-5-3-4-10-18(15)12-16(19)14-8-6-13(11-17)7-9-14/h6-9,15-16,19H,2-5,10-12,17H2,1H3. The highest BCUT2D eigenvalue weighted by Gasteiger charge is 2.23. The number of aliphatic hydroxyl groups is 1. The highest BCUT2D eigenvalue weighted by atomic mass is 16.3. The molecular weight excluding hydrogens is 236 g/mol. The lowest BCUT2D eigenvalue weighted by molar-refractivity contribution is 0.0656. The van der Waals surface area contributed by atoms with Gasteiger partial charge in [0.25, 0.3) is 0 Å². The first kappa shape index (κ1) is 14.5. The van der Waals surface area contributed by atoms with E-state index in [4.69, 9.17) is 5.73 Å². The molecule has 106 valence electrons. The van der Waals surface area contributed by atoms with Crippen molar-refractivity contribution in [3.8, 4) is 0 Å². The van der Waals surface area contributed by atoms with E-state index in [9.17, 15) is 5.11 Å². The third-order valence-electron chi connectivity index (χ3n) is 4.23. The van der Waals surface area contributed by atoms with Gasteiger partial charge in [-0.3, -0.25) is 4.90 Å². The molecule has 1 aliphatic heterocycles. The van der Waals surface area contributed by atoms with Crippen LogP contribution in [0.1, 0.15) is 49.8 Å². The van der Waals surface area contributed by atoms with E-state index < -0.39 is 0 Å². The van der Waals surface area contributed by atoms with Crippen LogP contribution in [0.25, 0.3) is 0 Å². The Balaban J connectivity index is 1.96. The van der Waals surface area contributed by atoms with Crippen LogP contribution in [0.5, 0.6) is 0 Å². The fraction of sp³-hybridized carbons (Fsp3) is 0.625. The van der Waals surface area contributed by atoms with Gasteiger partial charge >= 0.3 is 0 Å². The second-order valence-corrected chi connectivity index (χ2v) is 5.51. The third kappa shape index (κ3) is 3.78. The van der Waals surface area contributed by atoms with Crippen LogP contribution in [0, 0.1) is 0 Å². The van der Waals surface area contributed by atoms with E-state index in [0.29, 0.717) is 12.6 Å². The first-order valence-corrected chi connectivity index (χ1v) is 7.45. The first-order chi connectivity index (χ1) is 9.24. The number of nitrogens with two attached hydrogens (primary N) is 1. The van der Waals surface area contributed by atoms with Crippen molar-refractivity contribution in [2.45, 2.75) is 51.3 Å². The molecule has 3 N–H and O–H groups in total. The third-order valence-corrected chi connectivity index (χ3v) is 4.23. The topological polar surface area (TPSA) is 49.5 Å². The van der Waals surface area contributed by atoms with Crippen molar-refractivity contribution in [2.24, 2.45) is 5.73 Å². The van der Waals surface area contributed by atoms with Gasteiger partial charge in [-0.2, -0.15) is 0 Å². The predicted molar refractivity (Wildman–Crippen MR) is 78.8 cm³/mol. The summed E-state index contributed by atoms with van der Waals surface area (Å²) in [4.78, 5) is 2.45. The number of piperidine rings is 1. The van der Waals surface area contributed by atoms with Crippen LogP contribution < -0.4 is 5.73 Å². The van der Waals surface area contributed by atoms with Gasteiger partial charge in [0.1, 0.15) is 0 Å². The van der Waals surface area contributed by atoms with Gasteiger partial charge in [-0.1, -0.05) is 37.6 Å². The minimum atomic E-state index is -0.390. The molecule has 2 rings (SSSR count). The molecule has 3 heteroatoms. The molecule has 1 heterocycles. The number of hydrogen-bond acceptors (Lipinski definition) is 3. The van der Waals surface area contributed by atoms with E-state index in [1.807, 2.05) is 24.3 Å². The Morgan fingerprint density at radius 2 is 2.05 bits per heavy atom. The average Bonchev–Trinajstić information content (AvgIpc) is 2.48. The van der Waals surface area contributed by atoms with Crippen molar-refractivity contribution in [1.29, 1.82) is 0 Å². The normalized spacial score (nSPS) is 22.4. The van der Waals surface area contributed by atoms with Crippen LogP contribution in [0.15, 0.2) is 24.3 Å². The SMILES string of the molecule is CCC1CCCCN1CC(O)c1ccc(CN)cc1. The summed E-state index contributed by atoms with van der Waals surface area (Å²) in [6.07, 6.45) is 4.65. The highest BCUT2D eigenvalue weighted by molar-refractivity contribution is 5.24. The molecule has 0 spiro atoms. The molecule has 0 aliphatic carbocycles. The molecule has 1 aromatic carbocycles. The summed E-state index contributed by atoms with van der Waals surface area (Å²) in [6.45, 7) is 4.67. The number of hydrogen-bond donors (Lipinski definition) is 2. The second kappa shape index (κ2) is 7.04. The molecule has 2 atom stereocenters. The van der Waals surface area contributed by atoms with Crippen molar-refractivity contribution in [3.05, 3.63) is 35.4 Å². The van der Waals surface area contributed by atoms with Gasteiger partial charge in [0.15, 0.2) is 0 Å². The van der Waals surface area contributed by atoms with E-state index >= 15 is 0 Å². The largest absolute Gasteiger partial charge is 0.387 e. The summed E-state index contributed by atoms with van der Waals surface area (Å²) in [5.41, 5.74) is 7.70. The van der Waals surface area contributed by atoms with Gasteiger partial charge < -0.3 is 10.8 Å². The number of β-amino-alcohol motifs (C(OH)–C–C–N with tert-alkyl or cyclic N) is 1. The summed E-state index contributed by atoms with van der Waals surface area (Å²) in [7, 11) is 0. The molecule has 19 heavy (non-hydrogen) atoms. The summed E-state index contributed by atoms with van der Waals surface area (Å²) in [6, 6.07) is 8.65. The lowest BCUT2D eigenvalue weighted by atomic mass is 9.98. The summed E-state index contributed by atoms with van der Waals surface area (Å²) in [5.74, 6) is 0. The number of likely N-dealkylation sites (tertiary alicyclic amines) is 1. The molecule has 0 bridgehead atoms. The molecule has 1 fully saturated rings. The van der Waals surface area contributed by atoms with Crippen LogP contribution in [-0.4, -0.2) is 29.1 Å². The van der Waals surface area contributed by atoms with Gasteiger partial charge in [-0.25, -0.2) is 0 Å². The van der Waals surface area contributed by atoms with Crippen LogP contribution in [0.3, 0.4) is 0 Å². The Labute approximate surface area is 116 Å². The maximum atomic E-state index is 10.4. The van der Waals surface area contributed by atoms with Crippen molar-refractivity contribution < 1.29 is 5.11 Å². The Bertz CT molecular complexity index is 377. The highest BCUT2D eigenvalue weighted by Crippen LogP contribution is 2.23. The lowest BCUT2D eigenvalue weighted by Crippen LogP contribution is -2.41. The van der Waals surface area contributed by atoms with Gasteiger partial charge in [-0.05, 0) is 36.9 Å².